The van der Waals surface area contributed by atoms with Crippen LogP contribution in [-0.2, 0) is 0 Å². The van der Waals surface area contributed by atoms with Gasteiger partial charge in [0, 0.05) is 17.8 Å². The van der Waals surface area contributed by atoms with Crippen molar-refractivity contribution < 1.29 is 13.6 Å². The van der Waals surface area contributed by atoms with Crippen LogP contribution >= 0.6 is 0 Å². The van der Waals surface area contributed by atoms with Gasteiger partial charge in [-0.25, -0.2) is 8.78 Å². The van der Waals surface area contributed by atoms with Crippen LogP contribution in [0.3, 0.4) is 0 Å². The summed E-state index contributed by atoms with van der Waals surface area (Å²) in [5.74, 6) is -2.04. The first-order valence-corrected chi connectivity index (χ1v) is 4.07. The highest BCUT2D eigenvalue weighted by molar-refractivity contribution is 5.98. The number of aromatic nitrogens is 1. The van der Waals surface area contributed by atoms with E-state index in [-0.39, 0.29) is 16.9 Å². The number of halogens is 2. The number of ketones is 1. The van der Waals surface area contributed by atoms with Gasteiger partial charge in [-0.3, -0.25) is 4.79 Å². The topological polar surface area (TPSA) is 32.9 Å². The molecule has 1 heterocycles. The van der Waals surface area contributed by atoms with Crippen LogP contribution in [0.25, 0.3) is 10.9 Å². The lowest BCUT2D eigenvalue weighted by atomic mass is 10.2. The second kappa shape index (κ2) is 2.90. The molecule has 14 heavy (non-hydrogen) atoms. The molecule has 2 aromatic rings. The van der Waals surface area contributed by atoms with Crippen LogP contribution in [0.15, 0.2) is 18.2 Å². The molecule has 0 spiro atoms. The van der Waals surface area contributed by atoms with E-state index in [9.17, 15) is 13.6 Å². The van der Waals surface area contributed by atoms with E-state index in [0.29, 0.717) is 5.52 Å². The van der Waals surface area contributed by atoms with E-state index in [2.05, 4.69) is 4.98 Å². The highest BCUT2D eigenvalue weighted by Gasteiger charge is 2.11. The average Bonchev–Trinajstić information content (AvgIpc) is 2.56. The maximum absolute atomic E-state index is 13.2. The van der Waals surface area contributed by atoms with Crippen LogP contribution < -0.4 is 0 Å². The molecule has 0 atom stereocenters. The number of hydrogen-bond donors (Lipinski definition) is 1. The van der Waals surface area contributed by atoms with E-state index in [1.807, 2.05) is 0 Å². The van der Waals surface area contributed by atoms with E-state index in [1.54, 1.807) is 0 Å². The van der Waals surface area contributed by atoms with Crippen molar-refractivity contribution in [1.29, 1.82) is 0 Å². The third-order valence-electron chi connectivity index (χ3n) is 2.07. The number of fused-ring (bicyclic) bond motifs is 1. The zero-order chi connectivity index (χ0) is 10.3. The number of nitrogens with one attached hydrogen (secondary N) is 1. The Morgan fingerprint density at radius 3 is 2.71 bits per heavy atom. The van der Waals surface area contributed by atoms with Gasteiger partial charge in [-0.1, -0.05) is 0 Å². The maximum Gasteiger partial charge on any atom is 0.175 e. The van der Waals surface area contributed by atoms with E-state index < -0.39 is 11.6 Å². The molecular weight excluding hydrogens is 188 g/mol. The van der Waals surface area contributed by atoms with Crippen molar-refractivity contribution in [2.45, 2.75) is 6.92 Å². The largest absolute Gasteiger partial charge is 0.352 e. The fourth-order valence-corrected chi connectivity index (χ4v) is 1.33. The number of benzene rings is 1. The van der Waals surface area contributed by atoms with E-state index in [0.717, 1.165) is 6.07 Å². The predicted octanol–water partition coefficient (Wildman–Crippen LogP) is 2.65. The van der Waals surface area contributed by atoms with Crippen LogP contribution in [0.2, 0.25) is 0 Å². The molecule has 2 rings (SSSR count). The van der Waals surface area contributed by atoms with Gasteiger partial charge in [-0.2, -0.15) is 0 Å². The Morgan fingerprint density at radius 2 is 2.07 bits per heavy atom. The molecule has 0 unspecified atom stereocenters. The third-order valence-corrected chi connectivity index (χ3v) is 2.07. The average molecular weight is 195 g/mol. The number of carbonyl (C=O) groups excluding carboxylic acids is 1. The molecular formula is C10H7F2NO. The quantitative estimate of drug-likeness (QED) is 0.697. The van der Waals surface area contributed by atoms with Gasteiger partial charge in [0.25, 0.3) is 0 Å². The summed E-state index contributed by atoms with van der Waals surface area (Å²) in [5, 5.41) is 0.107. The van der Waals surface area contributed by atoms with Crippen molar-refractivity contribution in [3.63, 3.8) is 0 Å². The van der Waals surface area contributed by atoms with Crippen molar-refractivity contribution in [3.8, 4) is 0 Å². The van der Waals surface area contributed by atoms with Gasteiger partial charge in [-0.15, -0.1) is 0 Å². The number of hydrogen-bond acceptors (Lipinski definition) is 1. The number of Topliss-reactive ketones (excluding diaryl/α,β-unsaturated/α-hetero) is 1. The maximum atomic E-state index is 13.2. The minimum Gasteiger partial charge on any atom is -0.352 e. The first-order valence-electron chi connectivity index (χ1n) is 4.07. The summed E-state index contributed by atoms with van der Waals surface area (Å²) in [7, 11) is 0. The highest BCUT2D eigenvalue weighted by atomic mass is 19.2. The van der Waals surface area contributed by atoms with Crippen LogP contribution in [-0.4, -0.2) is 10.8 Å². The molecule has 0 amide bonds. The van der Waals surface area contributed by atoms with Crippen LogP contribution in [0.1, 0.15) is 17.4 Å². The summed E-state index contributed by atoms with van der Waals surface area (Å²) in [4.78, 5) is 13.7. The smallest absolute Gasteiger partial charge is 0.175 e. The molecule has 0 radical (unpaired) electrons. The minimum atomic E-state index is -0.925. The summed E-state index contributed by atoms with van der Waals surface area (Å²) in [6.45, 7) is 1.36. The minimum absolute atomic E-state index is 0.107. The highest BCUT2D eigenvalue weighted by Crippen LogP contribution is 2.21. The second-order valence-electron chi connectivity index (χ2n) is 3.06. The second-order valence-corrected chi connectivity index (χ2v) is 3.06. The molecule has 1 N–H and O–H groups in total. The summed E-state index contributed by atoms with van der Waals surface area (Å²) in [6, 6.07) is 3.74. The number of rotatable bonds is 1. The Morgan fingerprint density at radius 1 is 1.36 bits per heavy atom. The molecule has 0 saturated carbocycles. The molecule has 1 aromatic heterocycles. The first-order chi connectivity index (χ1) is 6.59. The SMILES string of the molecule is CC(=O)c1cc2c(F)c(F)ccc2[nH]1. The molecule has 0 bridgehead atoms. The van der Waals surface area contributed by atoms with Gasteiger partial charge in [-0.05, 0) is 18.2 Å². The standard InChI is InChI=1S/C10H7F2NO/c1-5(14)9-4-6-8(13-9)3-2-7(11)10(6)12/h2-4,13H,1H3. The Kier molecular flexibility index (Phi) is 1.84. The molecule has 0 saturated heterocycles. The van der Waals surface area contributed by atoms with Crippen LogP contribution in [0, 0.1) is 11.6 Å². The van der Waals surface area contributed by atoms with Crippen molar-refractivity contribution in [3.05, 3.63) is 35.5 Å². The Labute approximate surface area is 78.5 Å². The molecule has 0 aliphatic heterocycles. The number of H-pyrrole nitrogens is 1. The normalized spacial score (nSPS) is 10.8. The molecule has 72 valence electrons. The van der Waals surface area contributed by atoms with Crippen LogP contribution in [0.5, 0.6) is 0 Å². The molecule has 0 aliphatic rings. The van der Waals surface area contributed by atoms with Crippen molar-refractivity contribution >= 4 is 16.7 Å². The number of carbonyl (C=O) groups is 1. The van der Waals surface area contributed by atoms with Gasteiger partial charge in [0.2, 0.25) is 0 Å². The lowest BCUT2D eigenvalue weighted by Gasteiger charge is -1.92. The lowest BCUT2D eigenvalue weighted by Crippen LogP contribution is -1.89. The van der Waals surface area contributed by atoms with Crippen molar-refractivity contribution in [2.24, 2.45) is 0 Å². The van der Waals surface area contributed by atoms with E-state index in [1.165, 1.54) is 19.1 Å². The van der Waals surface area contributed by atoms with Gasteiger partial charge >= 0.3 is 0 Å². The zero-order valence-corrected chi connectivity index (χ0v) is 7.40. The predicted molar refractivity (Wildman–Crippen MR) is 48.2 cm³/mol. The third kappa shape index (κ3) is 1.19. The van der Waals surface area contributed by atoms with Gasteiger partial charge < -0.3 is 4.98 Å². The van der Waals surface area contributed by atoms with Gasteiger partial charge in [0.15, 0.2) is 17.4 Å². The molecule has 2 nitrogen and oxygen atoms in total. The first kappa shape index (κ1) is 8.87. The monoisotopic (exact) mass is 195 g/mol. The summed E-state index contributed by atoms with van der Waals surface area (Å²) < 4.78 is 26.0. The Balaban J connectivity index is 2.77. The summed E-state index contributed by atoms with van der Waals surface area (Å²) >= 11 is 0. The Hall–Kier alpha value is -1.71. The fourth-order valence-electron chi connectivity index (χ4n) is 1.33. The van der Waals surface area contributed by atoms with Crippen molar-refractivity contribution in [2.75, 3.05) is 0 Å². The molecule has 0 aliphatic carbocycles. The van der Waals surface area contributed by atoms with Crippen LogP contribution in [0.4, 0.5) is 8.78 Å². The molecule has 4 heteroatoms. The van der Waals surface area contributed by atoms with E-state index in [4.69, 9.17) is 0 Å². The van der Waals surface area contributed by atoms with Gasteiger partial charge in [0.1, 0.15) is 0 Å². The van der Waals surface area contributed by atoms with Gasteiger partial charge in [0.05, 0.1) is 5.69 Å². The summed E-state index contributed by atoms with van der Waals surface area (Å²) in [6.07, 6.45) is 0. The zero-order valence-electron chi connectivity index (χ0n) is 7.40. The molecule has 1 aromatic carbocycles. The fraction of sp³-hybridized carbons (Fsp3) is 0.100. The van der Waals surface area contributed by atoms with E-state index >= 15 is 0 Å². The number of aromatic amines is 1. The Bertz CT molecular complexity index is 516. The van der Waals surface area contributed by atoms with Crippen molar-refractivity contribution in [1.82, 2.24) is 4.98 Å². The molecule has 0 fully saturated rings. The lowest BCUT2D eigenvalue weighted by molar-refractivity contribution is 0.101. The summed E-state index contributed by atoms with van der Waals surface area (Å²) in [5.41, 5.74) is 0.707.